The number of carbonyl (C=O) groups is 1. The van der Waals surface area contributed by atoms with Crippen molar-refractivity contribution < 1.29 is 14.3 Å². The third kappa shape index (κ3) is 4.93. The fourth-order valence-electron chi connectivity index (χ4n) is 2.11. The number of hydrogen-bond acceptors (Lipinski definition) is 4. The molecule has 5 nitrogen and oxygen atoms in total. The van der Waals surface area contributed by atoms with Crippen LogP contribution < -0.4 is 10.2 Å². The molecule has 1 aromatic carbocycles. The zero-order valence-corrected chi connectivity index (χ0v) is 12.7. The largest absolute Gasteiger partial charge is 0.467 e. The maximum atomic E-state index is 12.1. The summed E-state index contributed by atoms with van der Waals surface area (Å²) in [5, 5.41) is 12.7. The molecule has 0 aliphatic rings. The summed E-state index contributed by atoms with van der Waals surface area (Å²) in [6, 6.07) is 13.2. The van der Waals surface area contributed by atoms with Gasteiger partial charge >= 0.3 is 0 Å². The van der Waals surface area contributed by atoms with Crippen molar-refractivity contribution in [2.45, 2.75) is 26.0 Å². The van der Waals surface area contributed by atoms with Gasteiger partial charge in [0.25, 0.3) is 0 Å². The van der Waals surface area contributed by atoms with Crippen molar-refractivity contribution in [2.24, 2.45) is 0 Å². The van der Waals surface area contributed by atoms with Crippen LogP contribution in [0.4, 0.5) is 5.69 Å². The number of nitrogens with one attached hydrogen (secondary N) is 1. The Balaban J connectivity index is 1.94. The number of nitrogens with zero attached hydrogens (tertiary/aromatic N) is 1. The normalized spacial score (nSPS) is 11.9. The van der Waals surface area contributed by atoms with Crippen LogP contribution in [-0.2, 0) is 11.3 Å². The Morgan fingerprint density at radius 1 is 1.27 bits per heavy atom. The zero-order valence-electron chi connectivity index (χ0n) is 12.7. The quantitative estimate of drug-likeness (QED) is 0.784. The minimum absolute atomic E-state index is 0.108. The third-order valence-electron chi connectivity index (χ3n) is 3.40. The van der Waals surface area contributed by atoms with Gasteiger partial charge in [0.1, 0.15) is 5.76 Å². The summed E-state index contributed by atoms with van der Waals surface area (Å²) < 4.78 is 5.19. The predicted octanol–water partition coefficient (Wildman–Crippen LogP) is 2.17. The Labute approximate surface area is 130 Å². The average molecular weight is 302 g/mol. The molecule has 1 atom stereocenters. The van der Waals surface area contributed by atoms with E-state index in [1.165, 1.54) is 0 Å². The van der Waals surface area contributed by atoms with E-state index >= 15 is 0 Å². The first kappa shape index (κ1) is 16.1. The number of benzene rings is 1. The van der Waals surface area contributed by atoms with Crippen molar-refractivity contribution >= 4 is 11.6 Å². The molecule has 0 bridgehead atoms. The summed E-state index contributed by atoms with van der Waals surface area (Å²) >= 11 is 0. The van der Waals surface area contributed by atoms with E-state index < -0.39 is 6.10 Å². The van der Waals surface area contributed by atoms with Gasteiger partial charge in [-0.3, -0.25) is 4.79 Å². The molecule has 2 aromatic rings. The first-order valence-electron chi connectivity index (χ1n) is 7.46. The van der Waals surface area contributed by atoms with Gasteiger partial charge in [-0.25, -0.2) is 0 Å². The molecule has 1 amide bonds. The Morgan fingerprint density at radius 3 is 2.68 bits per heavy atom. The Bertz CT molecular complexity index is 555. The van der Waals surface area contributed by atoms with Gasteiger partial charge in [0.05, 0.1) is 25.5 Å². The first-order chi connectivity index (χ1) is 10.7. The lowest BCUT2D eigenvalue weighted by atomic mass is 10.2. The number of anilines is 1. The number of aliphatic hydroxyl groups is 1. The molecular formula is C17H22N2O3. The molecule has 1 heterocycles. The number of furan rings is 1. The zero-order chi connectivity index (χ0) is 15.8. The molecular weight excluding hydrogens is 280 g/mol. The highest BCUT2D eigenvalue weighted by Crippen LogP contribution is 2.14. The second-order valence-corrected chi connectivity index (χ2v) is 5.13. The van der Waals surface area contributed by atoms with Crippen molar-refractivity contribution in [2.75, 3.05) is 18.0 Å². The van der Waals surface area contributed by atoms with Gasteiger partial charge in [-0.1, -0.05) is 25.1 Å². The molecule has 0 radical (unpaired) electrons. The molecule has 0 spiro atoms. The number of rotatable bonds is 8. The van der Waals surface area contributed by atoms with E-state index in [-0.39, 0.29) is 12.5 Å². The second-order valence-electron chi connectivity index (χ2n) is 5.13. The van der Waals surface area contributed by atoms with Gasteiger partial charge in [-0.05, 0) is 30.7 Å². The van der Waals surface area contributed by atoms with Gasteiger partial charge in [0.2, 0.25) is 5.91 Å². The van der Waals surface area contributed by atoms with Crippen molar-refractivity contribution in [1.82, 2.24) is 5.32 Å². The Hall–Kier alpha value is -2.27. The maximum Gasteiger partial charge on any atom is 0.239 e. The highest BCUT2D eigenvalue weighted by molar-refractivity contribution is 5.81. The summed E-state index contributed by atoms with van der Waals surface area (Å²) in [6.45, 7) is 2.91. The van der Waals surface area contributed by atoms with Crippen molar-refractivity contribution in [3.05, 3.63) is 54.5 Å². The second kappa shape index (κ2) is 8.24. The number of aliphatic hydroxyl groups excluding tert-OH is 1. The van der Waals surface area contributed by atoms with Crippen LogP contribution in [-0.4, -0.2) is 30.2 Å². The molecule has 5 heteroatoms. The van der Waals surface area contributed by atoms with E-state index in [9.17, 15) is 9.90 Å². The smallest absolute Gasteiger partial charge is 0.239 e. The fraction of sp³-hybridized carbons (Fsp3) is 0.353. The topological polar surface area (TPSA) is 65.7 Å². The van der Waals surface area contributed by atoms with Gasteiger partial charge in [-0.15, -0.1) is 0 Å². The van der Waals surface area contributed by atoms with Crippen LogP contribution in [0.25, 0.3) is 0 Å². The minimum atomic E-state index is -0.460. The molecule has 0 fully saturated rings. The van der Waals surface area contributed by atoms with Crippen LogP contribution in [0.5, 0.6) is 0 Å². The molecule has 0 saturated carbocycles. The maximum absolute atomic E-state index is 12.1. The van der Waals surface area contributed by atoms with Gasteiger partial charge < -0.3 is 19.7 Å². The number of carbonyl (C=O) groups excluding carboxylic acids is 1. The molecule has 2 N–H and O–H groups in total. The van der Waals surface area contributed by atoms with Crippen molar-refractivity contribution in [1.29, 1.82) is 0 Å². The number of amides is 1. The molecule has 22 heavy (non-hydrogen) atoms. The van der Waals surface area contributed by atoms with Gasteiger partial charge in [-0.2, -0.15) is 0 Å². The van der Waals surface area contributed by atoms with Crippen LogP contribution >= 0.6 is 0 Å². The predicted molar refractivity (Wildman–Crippen MR) is 85.5 cm³/mol. The summed E-state index contributed by atoms with van der Waals surface area (Å²) in [5.74, 6) is 0.608. The van der Waals surface area contributed by atoms with E-state index in [2.05, 4.69) is 5.32 Å². The summed E-state index contributed by atoms with van der Waals surface area (Å²) in [7, 11) is 0. The molecule has 0 aliphatic carbocycles. The summed E-state index contributed by atoms with van der Waals surface area (Å²) in [5.41, 5.74) is 0.920. The molecule has 0 aliphatic heterocycles. The summed E-state index contributed by atoms with van der Waals surface area (Å²) in [6.07, 6.45) is 1.77. The van der Waals surface area contributed by atoms with Crippen LogP contribution in [0.1, 0.15) is 19.1 Å². The monoisotopic (exact) mass is 302 g/mol. The van der Waals surface area contributed by atoms with E-state index in [0.717, 1.165) is 5.69 Å². The van der Waals surface area contributed by atoms with Crippen LogP contribution in [0, 0.1) is 0 Å². The van der Waals surface area contributed by atoms with Gasteiger partial charge in [0.15, 0.2) is 0 Å². The van der Waals surface area contributed by atoms with E-state index in [4.69, 9.17) is 4.42 Å². The van der Waals surface area contributed by atoms with Crippen LogP contribution in [0.3, 0.4) is 0 Å². The first-order valence-corrected chi connectivity index (χ1v) is 7.46. The molecule has 2 rings (SSSR count). The minimum Gasteiger partial charge on any atom is -0.467 e. The van der Waals surface area contributed by atoms with E-state index in [1.807, 2.05) is 48.2 Å². The number of hydrogen-bond donors (Lipinski definition) is 2. The molecule has 118 valence electrons. The Morgan fingerprint density at radius 2 is 2.05 bits per heavy atom. The lowest BCUT2D eigenvalue weighted by Gasteiger charge is -2.26. The van der Waals surface area contributed by atoms with Gasteiger partial charge in [0, 0.05) is 12.2 Å². The lowest BCUT2D eigenvalue weighted by molar-refractivity contribution is -0.120. The SMILES string of the molecule is CC[C@H](O)CN(CC(=O)NCc1ccco1)c1ccccc1. The van der Waals surface area contributed by atoms with E-state index in [1.54, 1.807) is 12.3 Å². The highest BCUT2D eigenvalue weighted by Gasteiger charge is 2.15. The summed E-state index contributed by atoms with van der Waals surface area (Å²) in [4.78, 5) is 14.0. The third-order valence-corrected chi connectivity index (χ3v) is 3.40. The highest BCUT2D eigenvalue weighted by atomic mass is 16.3. The van der Waals surface area contributed by atoms with Crippen LogP contribution in [0.2, 0.25) is 0 Å². The average Bonchev–Trinajstić information content (AvgIpc) is 3.06. The van der Waals surface area contributed by atoms with Crippen LogP contribution in [0.15, 0.2) is 53.1 Å². The van der Waals surface area contributed by atoms with Crippen molar-refractivity contribution in [3.8, 4) is 0 Å². The molecule has 0 saturated heterocycles. The van der Waals surface area contributed by atoms with E-state index in [0.29, 0.717) is 25.3 Å². The van der Waals surface area contributed by atoms with Crippen molar-refractivity contribution in [3.63, 3.8) is 0 Å². The lowest BCUT2D eigenvalue weighted by Crippen LogP contribution is -2.40. The molecule has 1 aromatic heterocycles. The number of para-hydroxylation sites is 1. The Kier molecular flexibility index (Phi) is 6.03. The standard InChI is InChI=1S/C17H22N2O3/c1-2-15(20)12-19(14-7-4-3-5-8-14)13-17(21)18-11-16-9-6-10-22-16/h3-10,15,20H,2,11-13H2,1H3,(H,18,21)/t15-/m0/s1. The fourth-order valence-corrected chi connectivity index (χ4v) is 2.11. The molecule has 0 unspecified atom stereocenters.